The van der Waals surface area contributed by atoms with Crippen LogP contribution in [0.1, 0.15) is 78.1 Å². The molecule has 0 spiro atoms. The van der Waals surface area contributed by atoms with E-state index < -0.39 is 0 Å². The van der Waals surface area contributed by atoms with Gasteiger partial charge in [0.2, 0.25) is 0 Å². The number of hydrogen-bond donors (Lipinski definition) is 0. The Morgan fingerprint density at radius 2 is 1.79 bits per heavy atom. The Balaban J connectivity index is 1.57. The normalized spacial score (nSPS) is 51.2. The van der Waals surface area contributed by atoms with Crippen LogP contribution in [0, 0.1) is 46.8 Å². The van der Waals surface area contributed by atoms with Gasteiger partial charge in [0.15, 0.2) is 0 Å². The van der Waals surface area contributed by atoms with Crippen molar-refractivity contribution in [3.05, 3.63) is 0 Å². The first-order valence-electron chi connectivity index (χ1n) is 10.6. The van der Waals surface area contributed by atoms with Gasteiger partial charge in [-0.25, -0.2) is 0 Å². The summed E-state index contributed by atoms with van der Waals surface area (Å²) in [5.74, 6) is 6.60. The smallest absolute Gasteiger partial charge is 0.147 e. The monoisotopic (exact) mass is 394 g/mol. The second kappa shape index (κ2) is 6.71. The molecule has 0 heterocycles. The first-order chi connectivity index (χ1) is 11.5. The van der Waals surface area contributed by atoms with Crippen LogP contribution in [-0.4, -0.2) is 11.1 Å². The third-order valence-electron chi connectivity index (χ3n) is 8.98. The molecule has 0 amide bonds. The van der Waals surface area contributed by atoms with Crippen molar-refractivity contribution in [2.75, 3.05) is 5.33 Å². The van der Waals surface area contributed by atoms with Gasteiger partial charge in [-0.2, -0.15) is 0 Å². The van der Waals surface area contributed by atoms with Crippen LogP contribution in [0.2, 0.25) is 0 Å². The maximum Gasteiger partial charge on any atom is 0.147 e. The molecule has 4 aliphatic carbocycles. The number of hydrogen-bond acceptors (Lipinski definition) is 1. The Morgan fingerprint density at radius 3 is 2.58 bits per heavy atom. The van der Waals surface area contributed by atoms with Crippen molar-refractivity contribution in [1.82, 2.24) is 0 Å². The fourth-order valence-electron chi connectivity index (χ4n) is 7.91. The third-order valence-corrected chi connectivity index (χ3v) is 9.53. The van der Waals surface area contributed by atoms with Gasteiger partial charge in [-0.1, -0.05) is 42.6 Å². The number of rotatable bonds is 2. The molecule has 4 rings (SSSR count). The van der Waals surface area contributed by atoms with E-state index in [2.05, 4.69) is 29.8 Å². The van der Waals surface area contributed by atoms with Crippen molar-refractivity contribution in [2.45, 2.75) is 78.1 Å². The van der Waals surface area contributed by atoms with Gasteiger partial charge in [0.1, 0.15) is 5.78 Å². The van der Waals surface area contributed by atoms with Gasteiger partial charge in [-0.15, -0.1) is 0 Å². The minimum Gasteiger partial charge on any atom is -0.298 e. The molecule has 1 nitrogen and oxygen atoms in total. The fraction of sp³-hybridized carbons (Fsp3) is 0.955. The summed E-state index contributed by atoms with van der Waals surface area (Å²) in [5.41, 5.74) is 0.305. The molecule has 136 valence electrons. The van der Waals surface area contributed by atoms with Crippen LogP contribution in [0.3, 0.4) is 0 Å². The van der Waals surface area contributed by atoms with Gasteiger partial charge in [-0.3, -0.25) is 4.79 Å². The summed E-state index contributed by atoms with van der Waals surface area (Å²) >= 11 is 3.46. The minimum atomic E-state index is 0.305. The van der Waals surface area contributed by atoms with E-state index in [0.717, 1.165) is 41.9 Å². The lowest BCUT2D eigenvalue weighted by molar-refractivity contribution is -0.141. The number of alkyl halides is 1. The van der Waals surface area contributed by atoms with Crippen molar-refractivity contribution in [3.63, 3.8) is 0 Å². The molecule has 4 fully saturated rings. The van der Waals surface area contributed by atoms with Gasteiger partial charge >= 0.3 is 0 Å². The molecule has 8 atom stereocenters. The van der Waals surface area contributed by atoms with E-state index in [9.17, 15) is 4.79 Å². The zero-order chi connectivity index (χ0) is 16.9. The summed E-state index contributed by atoms with van der Waals surface area (Å²) in [7, 11) is 0. The maximum atomic E-state index is 12.6. The summed E-state index contributed by atoms with van der Waals surface area (Å²) in [6.07, 6.45) is 14.0. The van der Waals surface area contributed by atoms with Crippen LogP contribution in [0.25, 0.3) is 0 Å². The third kappa shape index (κ3) is 2.74. The lowest BCUT2D eigenvalue weighted by Crippen LogP contribution is -2.54. The number of Topliss-reactive ketones (excluding diaryl/α,β-unsaturated/α-hetero) is 1. The zero-order valence-corrected chi connectivity index (χ0v) is 17.2. The molecule has 0 aromatic heterocycles. The molecular formula is C22H35BrO. The van der Waals surface area contributed by atoms with Crippen molar-refractivity contribution in [3.8, 4) is 0 Å². The van der Waals surface area contributed by atoms with Crippen LogP contribution in [0.5, 0.6) is 0 Å². The highest BCUT2D eigenvalue weighted by atomic mass is 79.9. The average molecular weight is 395 g/mol. The van der Waals surface area contributed by atoms with Crippen LogP contribution < -0.4 is 0 Å². The Morgan fingerprint density at radius 1 is 1.00 bits per heavy atom. The highest BCUT2D eigenvalue weighted by molar-refractivity contribution is 9.09. The maximum absolute atomic E-state index is 12.6. The lowest BCUT2D eigenvalue weighted by Gasteiger charge is -2.60. The van der Waals surface area contributed by atoms with Crippen molar-refractivity contribution < 1.29 is 4.79 Å². The highest BCUT2D eigenvalue weighted by Gasteiger charge is 2.56. The molecule has 4 saturated carbocycles. The summed E-state index contributed by atoms with van der Waals surface area (Å²) in [6.45, 7) is 4.96. The Labute approximate surface area is 156 Å². The van der Waals surface area contributed by atoms with Gasteiger partial charge < -0.3 is 0 Å². The number of halogens is 1. The predicted octanol–water partition coefficient (Wildman–Crippen LogP) is 6.25. The standard InChI is InChI=1S/C22H35BrO/c1-14-6-8-16-15(12-14)7-9-18-17(16)10-11-22(2)19(18)4-3-5-20(22)21(24)13-23/h14-20H,3-13H2,1-2H3/t14-,15+,16-,17?,18+,19-,20+,22-/m0/s1. The van der Waals surface area contributed by atoms with Gasteiger partial charge in [0.05, 0.1) is 5.33 Å². The number of carbonyl (C=O) groups is 1. The van der Waals surface area contributed by atoms with Crippen molar-refractivity contribution >= 4 is 21.7 Å². The highest BCUT2D eigenvalue weighted by Crippen LogP contribution is 2.63. The summed E-state index contributed by atoms with van der Waals surface area (Å²) in [5, 5.41) is 0.566. The number of ketones is 1. The van der Waals surface area contributed by atoms with Crippen LogP contribution in [0.15, 0.2) is 0 Å². The van der Waals surface area contributed by atoms with E-state index >= 15 is 0 Å². The van der Waals surface area contributed by atoms with Crippen LogP contribution in [0.4, 0.5) is 0 Å². The van der Waals surface area contributed by atoms with Gasteiger partial charge in [0, 0.05) is 5.92 Å². The zero-order valence-electron chi connectivity index (χ0n) is 15.6. The van der Waals surface area contributed by atoms with Crippen LogP contribution >= 0.6 is 15.9 Å². The van der Waals surface area contributed by atoms with E-state index in [1.807, 2.05) is 0 Å². The SMILES string of the molecule is C[C@H]1CC[C@@H]2C3CC[C@]4(C)[C@@H](C(=O)CBr)CCC[C@H]4[C@@H]3CC[C@@H]2C1. The molecule has 0 bridgehead atoms. The summed E-state index contributed by atoms with van der Waals surface area (Å²) < 4.78 is 0. The Kier molecular flexibility index (Phi) is 4.91. The summed E-state index contributed by atoms with van der Waals surface area (Å²) in [6, 6.07) is 0. The number of carbonyl (C=O) groups excluding carboxylic acids is 1. The van der Waals surface area contributed by atoms with Crippen molar-refractivity contribution in [1.29, 1.82) is 0 Å². The predicted molar refractivity (Wildman–Crippen MR) is 103 cm³/mol. The fourth-order valence-corrected chi connectivity index (χ4v) is 8.30. The van der Waals surface area contributed by atoms with Crippen molar-refractivity contribution in [2.24, 2.45) is 46.8 Å². The van der Waals surface area contributed by atoms with Gasteiger partial charge in [-0.05, 0) is 92.3 Å². The molecule has 4 aliphatic rings. The molecule has 0 aromatic rings. The molecule has 0 saturated heterocycles. The van der Waals surface area contributed by atoms with E-state index in [0.29, 0.717) is 22.4 Å². The minimum absolute atomic E-state index is 0.305. The lowest BCUT2D eigenvalue weighted by atomic mass is 9.44. The number of fused-ring (bicyclic) bond motifs is 5. The molecule has 0 aromatic carbocycles. The first kappa shape index (κ1) is 17.6. The molecule has 0 N–H and O–H groups in total. The Bertz CT molecular complexity index is 488. The molecule has 0 aliphatic heterocycles. The van der Waals surface area contributed by atoms with E-state index in [4.69, 9.17) is 0 Å². The van der Waals surface area contributed by atoms with Gasteiger partial charge in [0.25, 0.3) is 0 Å². The quantitative estimate of drug-likeness (QED) is 0.506. The molecule has 0 radical (unpaired) electrons. The van der Waals surface area contributed by atoms with E-state index in [1.165, 1.54) is 57.8 Å². The molecular weight excluding hydrogens is 360 g/mol. The largest absolute Gasteiger partial charge is 0.298 e. The van der Waals surface area contributed by atoms with E-state index in [-0.39, 0.29) is 0 Å². The molecule has 2 heteroatoms. The second-order valence-corrected chi connectivity index (χ2v) is 10.5. The average Bonchev–Trinajstić information content (AvgIpc) is 2.59. The first-order valence-corrected chi connectivity index (χ1v) is 11.8. The molecule has 24 heavy (non-hydrogen) atoms. The Hall–Kier alpha value is 0.150. The summed E-state index contributed by atoms with van der Waals surface area (Å²) in [4.78, 5) is 12.6. The topological polar surface area (TPSA) is 17.1 Å². The van der Waals surface area contributed by atoms with Crippen LogP contribution in [-0.2, 0) is 4.79 Å². The second-order valence-electron chi connectivity index (χ2n) is 9.98. The van der Waals surface area contributed by atoms with E-state index in [1.54, 1.807) is 0 Å². The molecule has 1 unspecified atom stereocenters.